The standard InChI is InChI=1S/C54H35NO/c1-3-17-37(18-4-1)52-46-26-10-9-25-44(46)45-33-32-41(35-48(45)53(52)38-19-5-2-6-20-38)55(49-29-15-31-51-54(49)47-27-11-12-30-50(47)56-51)40-23-13-22-39(34-40)43-28-14-21-36-16-7-8-24-42(36)43/h1-35H. The van der Waals surface area contributed by atoms with Crippen LogP contribution >= 0.6 is 0 Å². The van der Waals surface area contributed by atoms with E-state index in [2.05, 4.69) is 211 Å². The van der Waals surface area contributed by atoms with Gasteiger partial charge < -0.3 is 9.32 Å². The summed E-state index contributed by atoms with van der Waals surface area (Å²) in [4.78, 5) is 2.42. The Hall–Kier alpha value is -7.42. The Labute approximate surface area is 325 Å². The van der Waals surface area contributed by atoms with Crippen LogP contribution in [0.15, 0.2) is 217 Å². The van der Waals surface area contributed by atoms with E-state index in [9.17, 15) is 0 Å². The lowest BCUT2D eigenvalue weighted by atomic mass is 9.85. The van der Waals surface area contributed by atoms with Crippen molar-refractivity contribution in [2.45, 2.75) is 0 Å². The number of fused-ring (bicyclic) bond motifs is 7. The first-order valence-corrected chi connectivity index (χ1v) is 19.2. The average Bonchev–Trinajstić information content (AvgIpc) is 3.66. The Morgan fingerprint density at radius 2 is 0.875 bits per heavy atom. The normalized spacial score (nSPS) is 11.6. The van der Waals surface area contributed by atoms with Gasteiger partial charge >= 0.3 is 0 Å². The summed E-state index contributed by atoms with van der Waals surface area (Å²) in [7, 11) is 0. The lowest BCUT2D eigenvalue weighted by molar-refractivity contribution is 0.669. The first kappa shape index (κ1) is 32.0. The number of hydrogen-bond acceptors (Lipinski definition) is 2. The summed E-state index contributed by atoms with van der Waals surface area (Å²) in [5, 5.41) is 9.55. The quantitative estimate of drug-likeness (QED) is 0.160. The van der Waals surface area contributed by atoms with Crippen molar-refractivity contribution in [2.75, 3.05) is 4.90 Å². The van der Waals surface area contributed by atoms with Crippen LogP contribution in [0.4, 0.5) is 17.1 Å². The van der Waals surface area contributed by atoms with Crippen LogP contribution in [0.1, 0.15) is 0 Å². The molecule has 0 atom stereocenters. The number of hydrogen-bond donors (Lipinski definition) is 0. The zero-order valence-electron chi connectivity index (χ0n) is 30.6. The highest BCUT2D eigenvalue weighted by molar-refractivity contribution is 6.22. The fraction of sp³-hybridized carbons (Fsp3) is 0. The van der Waals surface area contributed by atoms with Crippen LogP contribution in [0.2, 0.25) is 0 Å². The van der Waals surface area contributed by atoms with Crippen LogP contribution in [0, 0.1) is 0 Å². The van der Waals surface area contributed by atoms with E-state index in [0.717, 1.165) is 44.6 Å². The molecule has 0 aliphatic carbocycles. The maximum absolute atomic E-state index is 6.49. The molecule has 0 bridgehead atoms. The number of furan rings is 1. The SMILES string of the molecule is c1ccc(-c2c(-c3ccccc3)c3cc(N(c4cccc(-c5cccc6ccccc56)c4)c4cccc5oc6ccccc6c45)ccc3c3ccccc23)cc1. The number of anilines is 3. The molecule has 1 aromatic heterocycles. The maximum Gasteiger partial charge on any atom is 0.137 e. The lowest BCUT2D eigenvalue weighted by Gasteiger charge is -2.28. The summed E-state index contributed by atoms with van der Waals surface area (Å²) in [6, 6.07) is 76.5. The molecular weight excluding hydrogens is 679 g/mol. The molecule has 11 aromatic rings. The van der Waals surface area contributed by atoms with E-state index in [0.29, 0.717) is 0 Å². The second kappa shape index (κ2) is 13.2. The van der Waals surface area contributed by atoms with Crippen LogP contribution in [0.5, 0.6) is 0 Å². The third-order valence-electron chi connectivity index (χ3n) is 11.2. The van der Waals surface area contributed by atoms with Crippen molar-refractivity contribution in [1.29, 1.82) is 0 Å². The summed E-state index contributed by atoms with van der Waals surface area (Å²) in [5.41, 5.74) is 12.2. The van der Waals surface area contributed by atoms with E-state index in [1.807, 2.05) is 6.07 Å². The van der Waals surface area contributed by atoms with E-state index < -0.39 is 0 Å². The van der Waals surface area contributed by atoms with Gasteiger partial charge in [0, 0.05) is 16.8 Å². The van der Waals surface area contributed by atoms with Gasteiger partial charge in [0.25, 0.3) is 0 Å². The molecule has 262 valence electrons. The van der Waals surface area contributed by atoms with Crippen molar-refractivity contribution in [3.8, 4) is 33.4 Å². The molecule has 0 radical (unpaired) electrons. The second-order valence-corrected chi connectivity index (χ2v) is 14.4. The monoisotopic (exact) mass is 713 g/mol. The zero-order chi connectivity index (χ0) is 37.0. The fourth-order valence-electron chi connectivity index (χ4n) is 8.79. The third kappa shape index (κ3) is 5.19. The van der Waals surface area contributed by atoms with Gasteiger partial charge in [-0.3, -0.25) is 0 Å². The van der Waals surface area contributed by atoms with Crippen LogP contribution in [-0.2, 0) is 0 Å². The minimum absolute atomic E-state index is 0.863. The van der Waals surface area contributed by atoms with Gasteiger partial charge in [-0.1, -0.05) is 170 Å². The van der Waals surface area contributed by atoms with Crippen molar-refractivity contribution in [1.82, 2.24) is 0 Å². The Kier molecular flexibility index (Phi) is 7.53. The summed E-state index contributed by atoms with van der Waals surface area (Å²) >= 11 is 0. The highest BCUT2D eigenvalue weighted by Gasteiger charge is 2.23. The van der Waals surface area contributed by atoms with E-state index in [1.165, 1.54) is 60.1 Å². The predicted octanol–water partition coefficient (Wildman–Crippen LogP) is 15.5. The van der Waals surface area contributed by atoms with Gasteiger partial charge in [0.05, 0.1) is 11.1 Å². The second-order valence-electron chi connectivity index (χ2n) is 14.4. The van der Waals surface area contributed by atoms with E-state index in [4.69, 9.17) is 4.42 Å². The topological polar surface area (TPSA) is 16.4 Å². The van der Waals surface area contributed by atoms with Crippen molar-refractivity contribution < 1.29 is 4.42 Å². The Balaban J connectivity index is 1.24. The number of para-hydroxylation sites is 1. The summed E-state index contributed by atoms with van der Waals surface area (Å²) in [5.74, 6) is 0. The summed E-state index contributed by atoms with van der Waals surface area (Å²) in [6.07, 6.45) is 0. The van der Waals surface area contributed by atoms with E-state index in [-0.39, 0.29) is 0 Å². The molecule has 0 saturated carbocycles. The molecule has 0 fully saturated rings. The Morgan fingerprint density at radius 3 is 1.68 bits per heavy atom. The van der Waals surface area contributed by atoms with Crippen LogP contribution in [0.3, 0.4) is 0 Å². The Bertz CT molecular complexity index is 3250. The zero-order valence-corrected chi connectivity index (χ0v) is 30.6. The first-order valence-electron chi connectivity index (χ1n) is 19.2. The van der Waals surface area contributed by atoms with E-state index >= 15 is 0 Å². The van der Waals surface area contributed by atoms with Gasteiger partial charge in [-0.25, -0.2) is 0 Å². The smallest absolute Gasteiger partial charge is 0.137 e. The molecule has 0 amide bonds. The number of nitrogens with zero attached hydrogens (tertiary/aromatic N) is 1. The molecule has 0 unspecified atom stereocenters. The molecule has 0 spiro atoms. The molecule has 2 heteroatoms. The molecule has 0 saturated heterocycles. The van der Waals surface area contributed by atoms with Crippen LogP contribution in [0.25, 0.3) is 87.6 Å². The number of rotatable bonds is 6. The first-order chi connectivity index (χ1) is 27.8. The minimum atomic E-state index is 0.863. The van der Waals surface area contributed by atoms with Crippen molar-refractivity contribution in [3.63, 3.8) is 0 Å². The largest absolute Gasteiger partial charge is 0.456 e. The van der Waals surface area contributed by atoms with Gasteiger partial charge in [0.15, 0.2) is 0 Å². The predicted molar refractivity (Wildman–Crippen MR) is 237 cm³/mol. The van der Waals surface area contributed by atoms with Gasteiger partial charge in [0.2, 0.25) is 0 Å². The van der Waals surface area contributed by atoms with Gasteiger partial charge in [-0.05, 0) is 108 Å². The molecule has 2 nitrogen and oxygen atoms in total. The van der Waals surface area contributed by atoms with Gasteiger partial charge in [0.1, 0.15) is 11.2 Å². The maximum atomic E-state index is 6.49. The highest BCUT2D eigenvalue weighted by atomic mass is 16.3. The highest BCUT2D eigenvalue weighted by Crippen LogP contribution is 2.48. The lowest BCUT2D eigenvalue weighted by Crippen LogP contribution is -2.10. The van der Waals surface area contributed by atoms with E-state index in [1.54, 1.807) is 0 Å². The van der Waals surface area contributed by atoms with Crippen molar-refractivity contribution in [2.24, 2.45) is 0 Å². The van der Waals surface area contributed by atoms with Crippen LogP contribution < -0.4 is 4.90 Å². The minimum Gasteiger partial charge on any atom is -0.456 e. The summed E-state index contributed by atoms with van der Waals surface area (Å²) in [6.45, 7) is 0. The molecule has 0 N–H and O–H groups in total. The van der Waals surface area contributed by atoms with Gasteiger partial charge in [-0.15, -0.1) is 0 Å². The van der Waals surface area contributed by atoms with Crippen LogP contribution in [-0.4, -0.2) is 0 Å². The van der Waals surface area contributed by atoms with Crippen molar-refractivity contribution >= 4 is 71.3 Å². The molecule has 1 heterocycles. The molecular formula is C54H35NO. The molecule has 11 rings (SSSR count). The van der Waals surface area contributed by atoms with Gasteiger partial charge in [-0.2, -0.15) is 0 Å². The number of benzene rings is 10. The Morgan fingerprint density at radius 1 is 0.321 bits per heavy atom. The molecule has 56 heavy (non-hydrogen) atoms. The molecule has 0 aliphatic heterocycles. The average molecular weight is 714 g/mol. The molecule has 0 aliphatic rings. The third-order valence-corrected chi connectivity index (χ3v) is 11.2. The summed E-state index contributed by atoms with van der Waals surface area (Å²) < 4.78 is 6.49. The van der Waals surface area contributed by atoms with Crippen molar-refractivity contribution in [3.05, 3.63) is 212 Å². The molecule has 10 aromatic carbocycles. The fourth-order valence-corrected chi connectivity index (χ4v) is 8.79.